The van der Waals surface area contributed by atoms with Gasteiger partial charge in [-0.05, 0) is 49.2 Å². The van der Waals surface area contributed by atoms with Crippen LogP contribution < -0.4 is 5.32 Å². The van der Waals surface area contributed by atoms with Gasteiger partial charge in [0.05, 0.1) is 17.3 Å². The molecule has 2 aromatic heterocycles. The number of nitrogens with zero attached hydrogens (tertiary/aromatic N) is 1. The standard InChI is InChI=1S/C18H17BrN2O5S/c19-12-5-7-14(8-6-12)27(22,23)18-17(20-11-13-3-1-9-24-13)26-16(21-18)15-4-2-10-25-15/h2,4-8,10,13,20H,1,3,9,11H2/t13-/m0/s1. The Hall–Kier alpha value is -2.10. The normalized spacial score (nSPS) is 17.3. The van der Waals surface area contributed by atoms with E-state index in [0.717, 1.165) is 17.3 Å². The van der Waals surface area contributed by atoms with Crippen molar-refractivity contribution in [3.63, 3.8) is 0 Å². The lowest BCUT2D eigenvalue weighted by Gasteiger charge is -2.10. The van der Waals surface area contributed by atoms with Gasteiger partial charge in [0.2, 0.25) is 20.7 Å². The summed E-state index contributed by atoms with van der Waals surface area (Å²) in [5.74, 6) is 0.540. The van der Waals surface area contributed by atoms with Crippen molar-refractivity contribution in [2.75, 3.05) is 18.5 Å². The van der Waals surface area contributed by atoms with Crippen LogP contribution in [0.15, 0.2) is 65.9 Å². The maximum absolute atomic E-state index is 13.1. The van der Waals surface area contributed by atoms with E-state index < -0.39 is 9.84 Å². The first-order valence-corrected chi connectivity index (χ1v) is 10.7. The van der Waals surface area contributed by atoms with Gasteiger partial charge >= 0.3 is 0 Å². The highest BCUT2D eigenvalue weighted by Gasteiger charge is 2.30. The predicted octanol–water partition coefficient (Wildman–Crippen LogP) is 4.12. The second-order valence-corrected chi connectivity index (χ2v) is 8.88. The Labute approximate surface area is 164 Å². The number of hydrogen-bond acceptors (Lipinski definition) is 7. The van der Waals surface area contributed by atoms with Crippen molar-refractivity contribution in [3.05, 3.63) is 47.1 Å². The second-order valence-electron chi connectivity index (χ2n) is 6.10. The number of aromatic nitrogens is 1. The van der Waals surface area contributed by atoms with Gasteiger partial charge in [-0.2, -0.15) is 4.98 Å². The summed E-state index contributed by atoms with van der Waals surface area (Å²) in [4.78, 5) is 4.33. The molecule has 1 aromatic carbocycles. The van der Waals surface area contributed by atoms with Gasteiger partial charge in [-0.1, -0.05) is 15.9 Å². The first-order chi connectivity index (χ1) is 13.0. The number of hydrogen-bond donors (Lipinski definition) is 1. The molecule has 1 N–H and O–H groups in total. The summed E-state index contributed by atoms with van der Waals surface area (Å²) in [7, 11) is -3.87. The first-order valence-electron chi connectivity index (χ1n) is 8.45. The summed E-state index contributed by atoms with van der Waals surface area (Å²) >= 11 is 3.31. The third-order valence-electron chi connectivity index (χ3n) is 4.22. The Balaban J connectivity index is 1.71. The van der Waals surface area contributed by atoms with Gasteiger partial charge in [0.1, 0.15) is 0 Å². The minimum atomic E-state index is -3.87. The molecule has 0 saturated carbocycles. The van der Waals surface area contributed by atoms with Crippen LogP contribution in [0.3, 0.4) is 0 Å². The third-order valence-corrected chi connectivity index (χ3v) is 6.43. The van der Waals surface area contributed by atoms with Crippen molar-refractivity contribution in [1.29, 1.82) is 0 Å². The molecule has 0 amide bonds. The van der Waals surface area contributed by atoms with Crippen molar-refractivity contribution >= 4 is 31.7 Å². The van der Waals surface area contributed by atoms with E-state index in [1.165, 1.54) is 18.4 Å². The maximum atomic E-state index is 13.1. The van der Waals surface area contributed by atoms with Crippen LogP contribution in [0.1, 0.15) is 12.8 Å². The topological polar surface area (TPSA) is 94.6 Å². The Kier molecular flexibility index (Phi) is 5.07. The quantitative estimate of drug-likeness (QED) is 0.600. The monoisotopic (exact) mass is 452 g/mol. The van der Waals surface area contributed by atoms with Gasteiger partial charge in [-0.15, -0.1) is 0 Å². The van der Waals surface area contributed by atoms with Crippen molar-refractivity contribution in [2.24, 2.45) is 0 Å². The molecule has 142 valence electrons. The number of nitrogens with one attached hydrogen (secondary N) is 1. The summed E-state index contributed by atoms with van der Waals surface area (Å²) in [6.45, 7) is 1.15. The molecular weight excluding hydrogens is 436 g/mol. The lowest BCUT2D eigenvalue weighted by molar-refractivity contribution is 0.120. The molecule has 0 unspecified atom stereocenters. The van der Waals surface area contributed by atoms with Gasteiger partial charge in [-0.3, -0.25) is 0 Å². The van der Waals surface area contributed by atoms with E-state index in [2.05, 4.69) is 26.2 Å². The molecule has 7 nitrogen and oxygen atoms in total. The molecule has 1 aliphatic heterocycles. The number of furan rings is 1. The van der Waals surface area contributed by atoms with Crippen LogP contribution in [0, 0.1) is 0 Å². The van der Waals surface area contributed by atoms with Crippen molar-refractivity contribution < 1.29 is 22.0 Å². The summed E-state index contributed by atoms with van der Waals surface area (Å²) in [5, 5.41) is 2.87. The predicted molar refractivity (Wildman–Crippen MR) is 101 cm³/mol. The zero-order chi connectivity index (χ0) is 18.9. The molecule has 1 saturated heterocycles. The van der Waals surface area contributed by atoms with Crippen LogP contribution in [0.25, 0.3) is 11.7 Å². The fourth-order valence-corrected chi connectivity index (χ4v) is 4.39. The number of halogens is 1. The molecule has 0 radical (unpaired) electrons. The zero-order valence-electron chi connectivity index (χ0n) is 14.2. The smallest absolute Gasteiger partial charge is 0.266 e. The summed E-state index contributed by atoms with van der Waals surface area (Å²) < 4.78 is 43.6. The van der Waals surface area contributed by atoms with Crippen molar-refractivity contribution in [1.82, 2.24) is 4.98 Å². The Morgan fingerprint density at radius 2 is 2.04 bits per heavy atom. The van der Waals surface area contributed by atoms with Crippen LogP contribution in [0.4, 0.5) is 5.88 Å². The van der Waals surface area contributed by atoms with Crippen LogP contribution in [0.5, 0.6) is 0 Å². The third kappa shape index (κ3) is 3.80. The van der Waals surface area contributed by atoms with Crippen molar-refractivity contribution in [2.45, 2.75) is 28.9 Å². The molecule has 1 aliphatic rings. The minimum Gasteiger partial charge on any atom is -0.459 e. The average Bonchev–Trinajstić information content (AvgIpc) is 3.40. The van der Waals surface area contributed by atoms with Gasteiger partial charge < -0.3 is 18.9 Å². The Morgan fingerprint density at radius 3 is 2.70 bits per heavy atom. The summed E-state index contributed by atoms with van der Waals surface area (Å²) in [6, 6.07) is 9.71. The largest absolute Gasteiger partial charge is 0.459 e. The van der Waals surface area contributed by atoms with Gasteiger partial charge in [-0.25, -0.2) is 8.42 Å². The van der Waals surface area contributed by atoms with Gasteiger partial charge in [0.25, 0.3) is 5.89 Å². The van der Waals surface area contributed by atoms with E-state index in [1.807, 2.05) is 0 Å². The summed E-state index contributed by atoms with van der Waals surface area (Å²) in [5.41, 5.74) is 0. The SMILES string of the molecule is O=S(=O)(c1ccc(Br)cc1)c1nc(-c2ccco2)oc1NC[C@@H]1CCCO1. The fraction of sp³-hybridized carbons (Fsp3) is 0.278. The van der Waals surface area contributed by atoms with E-state index >= 15 is 0 Å². The molecule has 4 rings (SSSR count). The molecular formula is C18H17BrN2O5S. The highest BCUT2D eigenvalue weighted by atomic mass is 79.9. The summed E-state index contributed by atoms with van der Waals surface area (Å²) in [6.07, 6.45) is 3.40. The number of anilines is 1. The molecule has 1 fully saturated rings. The van der Waals surface area contributed by atoms with E-state index in [1.54, 1.807) is 24.3 Å². The first kappa shape index (κ1) is 18.3. The van der Waals surface area contributed by atoms with E-state index in [-0.39, 0.29) is 27.8 Å². The molecule has 1 atom stereocenters. The zero-order valence-corrected chi connectivity index (χ0v) is 16.6. The van der Waals surface area contributed by atoms with E-state index in [0.29, 0.717) is 18.9 Å². The highest BCUT2D eigenvalue weighted by molar-refractivity contribution is 9.10. The number of benzene rings is 1. The molecule has 3 heterocycles. The lowest BCUT2D eigenvalue weighted by Crippen LogP contribution is -2.19. The van der Waals surface area contributed by atoms with E-state index in [9.17, 15) is 8.42 Å². The van der Waals surface area contributed by atoms with Crippen LogP contribution in [-0.2, 0) is 14.6 Å². The number of sulfone groups is 1. The second kappa shape index (κ2) is 7.49. The fourth-order valence-electron chi connectivity index (χ4n) is 2.84. The van der Waals surface area contributed by atoms with Gasteiger partial charge in [0, 0.05) is 17.6 Å². The van der Waals surface area contributed by atoms with E-state index in [4.69, 9.17) is 13.6 Å². The van der Waals surface area contributed by atoms with Crippen LogP contribution in [-0.4, -0.2) is 32.7 Å². The maximum Gasteiger partial charge on any atom is 0.266 e. The number of rotatable bonds is 6. The van der Waals surface area contributed by atoms with Crippen LogP contribution >= 0.6 is 15.9 Å². The highest BCUT2D eigenvalue weighted by Crippen LogP contribution is 2.33. The van der Waals surface area contributed by atoms with Gasteiger partial charge in [0.15, 0.2) is 5.76 Å². The Bertz CT molecular complexity index is 1010. The molecule has 0 bridgehead atoms. The lowest BCUT2D eigenvalue weighted by atomic mass is 10.2. The molecule has 0 spiro atoms. The average molecular weight is 453 g/mol. The molecule has 3 aromatic rings. The molecule has 9 heteroatoms. The number of oxazole rings is 1. The van der Waals surface area contributed by atoms with Crippen LogP contribution in [0.2, 0.25) is 0 Å². The molecule has 0 aliphatic carbocycles. The Morgan fingerprint density at radius 1 is 1.22 bits per heavy atom. The molecule has 27 heavy (non-hydrogen) atoms. The van der Waals surface area contributed by atoms with Crippen molar-refractivity contribution in [3.8, 4) is 11.7 Å². The number of ether oxygens (including phenoxy) is 1. The minimum absolute atomic E-state index is 0.0189.